The number of nitrogens with zero attached hydrogens (tertiary/aromatic N) is 2. The fourth-order valence-electron chi connectivity index (χ4n) is 4.75. The molecule has 7 heteroatoms. The lowest BCUT2D eigenvalue weighted by molar-refractivity contribution is -0.140. The van der Waals surface area contributed by atoms with Gasteiger partial charge >= 0.3 is 0 Å². The van der Waals surface area contributed by atoms with Crippen molar-refractivity contribution < 1.29 is 19.1 Å². The smallest absolute Gasteiger partial charge is 0.254 e. The maximum atomic E-state index is 12.7. The highest BCUT2D eigenvalue weighted by Crippen LogP contribution is 2.52. The largest absolute Gasteiger partial charge is 0.493 e. The van der Waals surface area contributed by atoms with Crippen LogP contribution in [0, 0.1) is 23.7 Å². The van der Waals surface area contributed by atoms with Crippen molar-refractivity contribution in [2.24, 2.45) is 28.8 Å². The Balaban J connectivity index is 1.29. The molecule has 2 aliphatic carbocycles. The van der Waals surface area contributed by atoms with Gasteiger partial charge in [0.2, 0.25) is 0 Å². The Kier molecular flexibility index (Phi) is 5.14. The Hall–Kier alpha value is -2.93. The first-order valence-corrected chi connectivity index (χ1v) is 11.0. The first-order chi connectivity index (χ1) is 15.0. The number of hydrazone groups is 1. The Morgan fingerprint density at radius 2 is 1.71 bits per heavy atom. The summed E-state index contributed by atoms with van der Waals surface area (Å²) in [6.07, 6.45) is 6.57. The van der Waals surface area contributed by atoms with E-state index in [1.165, 1.54) is 6.21 Å². The lowest BCUT2D eigenvalue weighted by Gasteiger charge is -2.13. The summed E-state index contributed by atoms with van der Waals surface area (Å²) >= 11 is 3.42. The molecule has 0 spiro atoms. The van der Waals surface area contributed by atoms with E-state index >= 15 is 0 Å². The normalized spacial score (nSPS) is 26.2. The van der Waals surface area contributed by atoms with Crippen LogP contribution in [0.25, 0.3) is 0 Å². The number of hydrogen-bond donors (Lipinski definition) is 0. The third-order valence-corrected chi connectivity index (χ3v) is 6.79. The zero-order valence-corrected chi connectivity index (χ0v) is 18.5. The SMILES string of the molecule is COc1cc(/C=N\N2C(=O)[C@@H]3[C@@H](C2=O)[C@H]2C=C[C@H]3C2)ccc1OCc1ccc(Br)cc1. The van der Waals surface area contributed by atoms with Crippen molar-refractivity contribution in [2.75, 3.05) is 7.11 Å². The molecule has 158 valence electrons. The molecule has 1 saturated heterocycles. The number of halogens is 1. The van der Waals surface area contributed by atoms with E-state index in [-0.39, 0.29) is 35.5 Å². The fourth-order valence-corrected chi connectivity index (χ4v) is 5.01. The van der Waals surface area contributed by atoms with Gasteiger partial charge in [0.05, 0.1) is 25.2 Å². The van der Waals surface area contributed by atoms with E-state index in [0.717, 1.165) is 21.5 Å². The Morgan fingerprint density at radius 1 is 1.03 bits per heavy atom. The Morgan fingerprint density at radius 3 is 2.35 bits per heavy atom. The molecule has 0 aromatic heterocycles. The van der Waals surface area contributed by atoms with Crippen LogP contribution in [0.3, 0.4) is 0 Å². The maximum Gasteiger partial charge on any atom is 0.254 e. The van der Waals surface area contributed by atoms with Crippen LogP contribution in [0.4, 0.5) is 0 Å². The number of rotatable bonds is 6. The highest BCUT2D eigenvalue weighted by atomic mass is 79.9. The Labute approximate surface area is 188 Å². The second kappa shape index (κ2) is 7.96. The molecule has 31 heavy (non-hydrogen) atoms. The number of benzene rings is 2. The van der Waals surface area contributed by atoms with Crippen LogP contribution >= 0.6 is 15.9 Å². The zero-order chi connectivity index (χ0) is 21.5. The molecule has 2 amide bonds. The van der Waals surface area contributed by atoms with Gasteiger partial charge in [0, 0.05) is 4.47 Å². The molecule has 1 heterocycles. The Bertz CT molecular complexity index is 1070. The van der Waals surface area contributed by atoms with E-state index < -0.39 is 0 Å². The van der Waals surface area contributed by atoms with Gasteiger partial charge in [0.25, 0.3) is 11.8 Å². The number of hydrogen-bond acceptors (Lipinski definition) is 5. The molecule has 2 fully saturated rings. The number of methoxy groups -OCH3 is 1. The molecule has 1 aliphatic heterocycles. The summed E-state index contributed by atoms with van der Waals surface area (Å²) in [5.74, 6) is 0.635. The predicted octanol–water partition coefficient (Wildman–Crippen LogP) is 4.18. The number of carbonyl (C=O) groups is 2. The van der Waals surface area contributed by atoms with Gasteiger partial charge in [-0.05, 0) is 59.7 Å². The van der Waals surface area contributed by atoms with Crippen LogP contribution in [0.1, 0.15) is 17.5 Å². The van der Waals surface area contributed by atoms with E-state index in [2.05, 4.69) is 33.2 Å². The summed E-state index contributed by atoms with van der Waals surface area (Å²) in [5, 5.41) is 5.27. The van der Waals surface area contributed by atoms with Crippen molar-refractivity contribution in [2.45, 2.75) is 13.0 Å². The zero-order valence-electron chi connectivity index (χ0n) is 16.9. The lowest BCUT2D eigenvalue weighted by atomic mass is 9.85. The van der Waals surface area contributed by atoms with Crippen LogP contribution in [-0.2, 0) is 16.2 Å². The summed E-state index contributed by atoms with van der Waals surface area (Å²) in [6, 6.07) is 13.3. The van der Waals surface area contributed by atoms with Crippen molar-refractivity contribution in [1.29, 1.82) is 0 Å². The standard InChI is InChI=1S/C24H21BrN2O4/c1-30-20-10-15(4-9-19(20)31-13-14-2-7-18(25)8-3-14)12-26-27-23(28)21-16-5-6-17(11-16)22(21)24(27)29/h2-10,12,16-17,21-22H,11,13H2,1H3/b26-12-/t16-,17-,21-,22-/m0/s1. The number of fused-ring (bicyclic) bond motifs is 5. The summed E-state index contributed by atoms with van der Waals surface area (Å²) in [5.41, 5.74) is 1.75. The van der Waals surface area contributed by atoms with Gasteiger partial charge in [-0.2, -0.15) is 10.1 Å². The molecule has 4 atom stereocenters. The van der Waals surface area contributed by atoms with Gasteiger partial charge in [-0.3, -0.25) is 9.59 Å². The van der Waals surface area contributed by atoms with E-state index in [0.29, 0.717) is 23.7 Å². The van der Waals surface area contributed by atoms with Gasteiger partial charge in [0.15, 0.2) is 11.5 Å². The van der Waals surface area contributed by atoms with Crippen molar-refractivity contribution in [1.82, 2.24) is 5.01 Å². The number of allylic oxidation sites excluding steroid dienone is 2. The van der Waals surface area contributed by atoms with Crippen molar-refractivity contribution >= 4 is 34.0 Å². The molecule has 1 saturated carbocycles. The van der Waals surface area contributed by atoms with Crippen LogP contribution in [0.15, 0.2) is 64.2 Å². The molecule has 2 aromatic rings. The second-order valence-corrected chi connectivity index (χ2v) is 8.97. The van der Waals surface area contributed by atoms with Crippen LogP contribution in [-0.4, -0.2) is 30.1 Å². The van der Waals surface area contributed by atoms with Crippen molar-refractivity contribution in [3.63, 3.8) is 0 Å². The number of ether oxygens (including phenoxy) is 2. The fraction of sp³-hybridized carbons (Fsp3) is 0.292. The molecular formula is C24H21BrN2O4. The summed E-state index contributed by atoms with van der Waals surface area (Å²) in [7, 11) is 1.57. The van der Waals surface area contributed by atoms with Gasteiger partial charge in [-0.15, -0.1) is 0 Å². The quantitative estimate of drug-likeness (QED) is 0.353. The highest BCUT2D eigenvalue weighted by Gasteiger charge is 2.59. The minimum Gasteiger partial charge on any atom is -0.493 e. The third kappa shape index (κ3) is 3.57. The first-order valence-electron chi connectivity index (χ1n) is 10.2. The maximum absolute atomic E-state index is 12.7. The van der Waals surface area contributed by atoms with Crippen LogP contribution < -0.4 is 9.47 Å². The molecule has 2 bridgehead atoms. The van der Waals surface area contributed by atoms with E-state index in [4.69, 9.17) is 9.47 Å². The first kappa shape index (κ1) is 20.0. The summed E-state index contributed by atoms with van der Waals surface area (Å²) in [4.78, 5) is 25.5. The van der Waals surface area contributed by atoms with Crippen LogP contribution in [0.5, 0.6) is 11.5 Å². The molecule has 0 N–H and O–H groups in total. The van der Waals surface area contributed by atoms with Crippen molar-refractivity contribution in [3.05, 3.63) is 70.2 Å². The molecule has 5 rings (SSSR count). The van der Waals surface area contributed by atoms with E-state index in [1.54, 1.807) is 19.2 Å². The number of carbonyl (C=O) groups excluding carboxylic acids is 2. The van der Waals surface area contributed by atoms with Gasteiger partial charge in [-0.25, -0.2) is 0 Å². The summed E-state index contributed by atoms with van der Waals surface area (Å²) in [6.45, 7) is 0.410. The van der Waals surface area contributed by atoms with Gasteiger partial charge in [0.1, 0.15) is 6.61 Å². The molecule has 0 unspecified atom stereocenters. The minimum absolute atomic E-state index is 0.175. The van der Waals surface area contributed by atoms with E-state index in [1.807, 2.05) is 30.3 Å². The van der Waals surface area contributed by atoms with Crippen molar-refractivity contribution in [3.8, 4) is 11.5 Å². The van der Waals surface area contributed by atoms with E-state index in [9.17, 15) is 9.59 Å². The average molecular weight is 481 g/mol. The second-order valence-electron chi connectivity index (χ2n) is 8.06. The molecule has 6 nitrogen and oxygen atoms in total. The van der Waals surface area contributed by atoms with Gasteiger partial charge in [-0.1, -0.05) is 40.2 Å². The summed E-state index contributed by atoms with van der Waals surface area (Å²) < 4.78 is 12.4. The number of amides is 2. The highest BCUT2D eigenvalue weighted by molar-refractivity contribution is 9.10. The molecule has 3 aliphatic rings. The number of imide groups is 1. The third-order valence-electron chi connectivity index (χ3n) is 6.26. The molecular weight excluding hydrogens is 460 g/mol. The molecule has 0 radical (unpaired) electrons. The molecule has 2 aromatic carbocycles. The average Bonchev–Trinajstić information content (AvgIpc) is 3.46. The lowest BCUT2D eigenvalue weighted by Crippen LogP contribution is -2.28. The van der Waals surface area contributed by atoms with Crippen LogP contribution in [0.2, 0.25) is 0 Å². The predicted molar refractivity (Wildman–Crippen MR) is 119 cm³/mol. The minimum atomic E-state index is -0.247. The monoisotopic (exact) mass is 480 g/mol. The topological polar surface area (TPSA) is 68.2 Å². The van der Waals surface area contributed by atoms with Gasteiger partial charge < -0.3 is 9.47 Å².